The third-order valence-corrected chi connectivity index (χ3v) is 1.02. The maximum absolute atomic E-state index is 9.50. The van der Waals surface area contributed by atoms with Gasteiger partial charge in [0.25, 0.3) is 0 Å². The number of ketones is 5. The summed E-state index contributed by atoms with van der Waals surface area (Å²) in [6, 6.07) is 0. The van der Waals surface area contributed by atoms with Crippen molar-refractivity contribution in [3.8, 4) is 0 Å². The van der Waals surface area contributed by atoms with E-state index in [2.05, 4.69) is 0 Å². The van der Waals surface area contributed by atoms with Crippen LogP contribution in [-0.4, -0.2) is 62.0 Å². The van der Waals surface area contributed by atoms with Crippen molar-refractivity contribution >= 4 is 28.9 Å². The summed E-state index contributed by atoms with van der Waals surface area (Å²) in [7, 11) is 0. The van der Waals surface area contributed by atoms with Crippen LogP contribution in [0.25, 0.3) is 0 Å². The Morgan fingerprint density at radius 1 is 0.423 bits per heavy atom. The fraction of sp³-hybridized carbons (Fsp3) is 0.667. The van der Waals surface area contributed by atoms with E-state index in [-0.39, 0.29) is 47.5 Å². The Labute approximate surface area is 165 Å². The van der Waals surface area contributed by atoms with Crippen molar-refractivity contribution in [1.29, 1.82) is 0 Å². The molecular formula is C15H25O10V. The van der Waals surface area contributed by atoms with Crippen LogP contribution in [0.1, 0.15) is 34.6 Å². The summed E-state index contributed by atoms with van der Waals surface area (Å²) >= 11 is 0. The van der Waals surface area contributed by atoms with Gasteiger partial charge < -0.3 is 49.5 Å². The molecule has 0 heterocycles. The predicted octanol–water partition coefficient (Wildman–Crippen LogP) is -5.32. The second-order valence-corrected chi connectivity index (χ2v) is 4.23. The van der Waals surface area contributed by atoms with Crippen LogP contribution in [0.5, 0.6) is 0 Å². The number of rotatable bonds is 5. The van der Waals surface area contributed by atoms with Gasteiger partial charge in [0.05, 0.1) is 0 Å². The minimum Gasteiger partial charge on any atom is -0.849 e. The van der Waals surface area contributed by atoms with Crippen molar-refractivity contribution < 1.29 is 68.1 Å². The van der Waals surface area contributed by atoms with Gasteiger partial charge in [-0.25, -0.2) is 0 Å². The van der Waals surface area contributed by atoms with E-state index < -0.39 is 33.0 Å². The molecule has 11 heteroatoms. The van der Waals surface area contributed by atoms with Crippen LogP contribution in [0, 0.1) is 0 Å². The molecule has 0 aliphatic rings. The maximum atomic E-state index is 9.50. The molecule has 0 unspecified atom stereocenters. The van der Waals surface area contributed by atoms with E-state index in [0.717, 1.165) is 0 Å². The van der Waals surface area contributed by atoms with Gasteiger partial charge in [-0.15, -0.1) is 0 Å². The molecule has 0 N–H and O–H groups in total. The number of hydrogen-bond donors (Lipinski definition) is 0. The molecule has 0 aromatic heterocycles. The zero-order valence-corrected chi connectivity index (χ0v) is 17.0. The zero-order chi connectivity index (χ0) is 21.4. The first-order chi connectivity index (χ1) is 11.4. The molecule has 0 aliphatic heterocycles. The number of carbonyl (C=O) groups excluding carboxylic acids is 5. The number of hydrogen-bond acceptors (Lipinski definition) is 10. The summed E-state index contributed by atoms with van der Waals surface area (Å²) in [5.41, 5.74) is 0. The first-order valence-corrected chi connectivity index (χ1v) is 6.73. The Morgan fingerprint density at radius 3 is 0.462 bits per heavy atom. The molecule has 0 fully saturated rings. The summed E-state index contributed by atoms with van der Waals surface area (Å²) in [6.45, 7) is 3.44. The Morgan fingerprint density at radius 2 is 0.462 bits per heavy atom. The van der Waals surface area contributed by atoms with Crippen LogP contribution < -0.4 is 25.5 Å². The van der Waals surface area contributed by atoms with Gasteiger partial charge >= 0.3 is 18.6 Å². The van der Waals surface area contributed by atoms with Gasteiger partial charge in [0.2, 0.25) is 0 Å². The quantitative estimate of drug-likeness (QED) is 0.416. The van der Waals surface area contributed by atoms with E-state index in [0.29, 0.717) is 0 Å². The molecule has 0 atom stereocenters. The topological polar surface area (TPSA) is 201 Å². The third kappa shape index (κ3) is 141. The Bertz CT molecular complexity index is 288. The van der Waals surface area contributed by atoms with Gasteiger partial charge in [-0.1, -0.05) is 33.0 Å². The molecule has 0 aromatic carbocycles. The Hall–Kier alpha value is -1.27. The third-order valence-electron chi connectivity index (χ3n) is 1.02. The van der Waals surface area contributed by atoms with Gasteiger partial charge in [-0.3, -0.25) is 0 Å². The van der Waals surface area contributed by atoms with Gasteiger partial charge in [0, 0.05) is 0 Å². The Kier molecular flexibility index (Phi) is 53.4. The molecule has 0 saturated carbocycles. The molecule has 0 aromatic rings. The molecular weight excluding hydrogens is 391 g/mol. The molecule has 150 valence electrons. The molecule has 0 rings (SSSR count). The van der Waals surface area contributed by atoms with Crippen molar-refractivity contribution in [3.05, 3.63) is 0 Å². The molecule has 0 spiro atoms. The fourth-order valence-electron chi connectivity index (χ4n) is 0. The van der Waals surface area contributed by atoms with E-state index >= 15 is 0 Å². The van der Waals surface area contributed by atoms with Gasteiger partial charge in [0.1, 0.15) is 28.9 Å². The molecule has 0 aliphatic carbocycles. The minimum absolute atomic E-state index is 0. The van der Waals surface area contributed by atoms with E-state index in [4.69, 9.17) is 0 Å². The number of Topliss-reactive ketones (excluding diaryl/α,β-unsaturated/α-hetero) is 5. The zero-order valence-electron chi connectivity index (χ0n) is 15.6. The first-order valence-electron chi connectivity index (χ1n) is 6.73. The molecule has 26 heavy (non-hydrogen) atoms. The maximum Gasteiger partial charge on any atom is 5.00 e. The van der Waals surface area contributed by atoms with Crippen LogP contribution in [0.4, 0.5) is 0 Å². The molecule has 10 nitrogen and oxygen atoms in total. The van der Waals surface area contributed by atoms with Gasteiger partial charge in [-0.05, 0) is 34.6 Å². The summed E-state index contributed by atoms with van der Waals surface area (Å²) in [4.78, 5) is 47.5. The van der Waals surface area contributed by atoms with Crippen molar-refractivity contribution in [2.24, 2.45) is 0 Å². The molecule has 0 amide bonds. The standard InChI is InChI=1S/5C3H5O2.V/c5*1-3(5)2-4;/h5*2H2,1H3;/q5*-1;+5. The van der Waals surface area contributed by atoms with Crippen LogP contribution >= 0.6 is 0 Å². The average Bonchev–Trinajstić information content (AvgIpc) is 2.56. The minimum atomic E-state index is -0.583. The van der Waals surface area contributed by atoms with Crippen molar-refractivity contribution in [1.82, 2.24) is 0 Å². The monoisotopic (exact) mass is 416 g/mol. The first kappa shape index (κ1) is 39.7. The Balaban J connectivity index is -0.0000000476. The van der Waals surface area contributed by atoms with Crippen molar-refractivity contribution in [3.63, 3.8) is 0 Å². The number of carbonyl (C=O) groups is 5. The van der Waals surface area contributed by atoms with Crippen LogP contribution in [0.3, 0.4) is 0 Å². The molecule has 0 bridgehead atoms. The largest absolute Gasteiger partial charge is 5.00 e. The molecule has 0 radical (unpaired) electrons. The SMILES string of the molecule is CC(=O)C[O-].CC(=O)C[O-].CC(=O)C[O-].CC(=O)C[O-].CC(=O)C[O-].[V+5]. The van der Waals surface area contributed by atoms with Gasteiger partial charge in [-0.2, -0.15) is 0 Å². The van der Waals surface area contributed by atoms with Crippen LogP contribution in [0.15, 0.2) is 0 Å². The van der Waals surface area contributed by atoms with E-state index in [1.807, 2.05) is 0 Å². The second-order valence-electron chi connectivity index (χ2n) is 4.23. The fourth-order valence-corrected chi connectivity index (χ4v) is 0. The predicted molar refractivity (Wildman–Crippen MR) is 77.7 cm³/mol. The van der Waals surface area contributed by atoms with Crippen molar-refractivity contribution in [2.45, 2.75) is 34.6 Å². The summed E-state index contributed by atoms with van der Waals surface area (Å²) < 4.78 is 0. The van der Waals surface area contributed by atoms with E-state index in [1.54, 1.807) is 0 Å². The van der Waals surface area contributed by atoms with E-state index in [9.17, 15) is 49.5 Å². The molecule has 0 saturated heterocycles. The summed E-state index contributed by atoms with van der Waals surface area (Å²) in [6.07, 6.45) is 0. The normalized spacial score (nSPS) is 7.31. The van der Waals surface area contributed by atoms with E-state index in [1.165, 1.54) is 34.6 Å². The smallest absolute Gasteiger partial charge is 0.849 e. The summed E-state index contributed by atoms with van der Waals surface area (Å²) in [5, 5.41) is 46.4. The average molecular weight is 416 g/mol. The van der Waals surface area contributed by atoms with Crippen molar-refractivity contribution in [2.75, 3.05) is 33.0 Å². The van der Waals surface area contributed by atoms with Crippen LogP contribution in [0.2, 0.25) is 0 Å². The second kappa shape index (κ2) is 35.0. The van der Waals surface area contributed by atoms with Gasteiger partial charge in [0.15, 0.2) is 0 Å². The van der Waals surface area contributed by atoms with Crippen LogP contribution in [-0.2, 0) is 42.5 Å². The summed E-state index contributed by atoms with van der Waals surface area (Å²) in [5.74, 6) is -1.50.